The monoisotopic (exact) mass is 517 g/mol. The Morgan fingerprint density at radius 3 is 2.74 bits per heavy atom. The number of rotatable bonds is 3. The fourth-order valence-corrected chi connectivity index (χ4v) is 5.45. The zero-order valence-electron chi connectivity index (χ0n) is 20.8. The van der Waals surface area contributed by atoms with Gasteiger partial charge in [-0.1, -0.05) is 0 Å². The number of aromatic nitrogens is 4. The molecule has 194 valence electrons. The van der Waals surface area contributed by atoms with Gasteiger partial charge in [-0.15, -0.1) is 0 Å². The third-order valence-corrected chi connectivity index (χ3v) is 7.28. The number of urea groups is 1. The lowest BCUT2D eigenvalue weighted by atomic mass is 10.0. The summed E-state index contributed by atoms with van der Waals surface area (Å²) in [6.45, 7) is 4.40. The number of hydrazone groups is 1. The van der Waals surface area contributed by atoms with Crippen LogP contribution in [0, 0.1) is 29.9 Å². The number of nitrogens with zero attached hydrogens (tertiary/aromatic N) is 9. The standard InChI is InChI=1S/C26H25F2N9O/c1-16-23(22-3-2-6-36(22)33-16)24-20(28)15-30-25(32-24)34-7-9-35(10-8-34)26(38)37-21(4-5-31-37)18-11-17(14-29)12-19(27)13-18/h5,11-13,15,21H,2-4,6-10H2,1H3/t21-/m0/s1. The quantitative estimate of drug-likeness (QED) is 0.527. The van der Waals surface area contributed by atoms with Crippen LogP contribution in [0.2, 0.25) is 0 Å². The molecule has 0 unspecified atom stereocenters. The van der Waals surface area contributed by atoms with Gasteiger partial charge in [0.15, 0.2) is 5.82 Å². The SMILES string of the molecule is Cc1nn2c(c1-c1nc(N3CCN(C(=O)N4N=CC[C@H]4c4cc(F)cc(C#N)c4)CC3)ncc1F)CCC2. The second-order valence-corrected chi connectivity index (χ2v) is 9.64. The average molecular weight is 518 g/mol. The Labute approximate surface area is 217 Å². The van der Waals surface area contributed by atoms with Crippen LogP contribution in [0.15, 0.2) is 29.5 Å². The zero-order valence-corrected chi connectivity index (χ0v) is 20.8. The number of amides is 2. The Bertz CT molecular complexity index is 1490. The topological polar surface area (TPSA) is 107 Å². The van der Waals surface area contributed by atoms with Gasteiger partial charge in [-0.25, -0.2) is 28.6 Å². The minimum absolute atomic E-state index is 0.197. The smallest absolute Gasteiger partial charge is 0.337 e. The number of fused-ring (bicyclic) bond motifs is 1. The van der Waals surface area contributed by atoms with Crippen molar-refractivity contribution in [3.05, 3.63) is 58.5 Å². The van der Waals surface area contributed by atoms with Crippen molar-refractivity contribution in [3.8, 4) is 17.3 Å². The molecule has 1 atom stereocenters. The predicted molar refractivity (Wildman–Crippen MR) is 134 cm³/mol. The van der Waals surface area contributed by atoms with E-state index in [1.165, 1.54) is 17.3 Å². The molecule has 1 saturated heterocycles. The molecule has 12 heteroatoms. The number of halogens is 2. The van der Waals surface area contributed by atoms with Crippen LogP contribution in [0.1, 0.15) is 41.4 Å². The summed E-state index contributed by atoms with van der Waals surface area (Å²) >= 11 is 0. The van der Waals surface area contributed by atoms with Crippen LogP contribution >= 0.6 is 0 Å². The number of nitriles is 1. The van der Waals surface area contributed by atoms with Gasteiger partial charge in [-0.2, -0.15) is 15.5 Å². The molecule has 0 bridgehead atoms. The highest BCUT2D eigenvalue weighted by atomic mass is 19.1. The predicted octanol–water partition coefficient (Wildman–Crippen LogP) is 3.42. The van der Waals surface area contributed by atoms with Crippen molar-refractivity contribution in [3.63, 3.8) is 0 Å². The van der Waals surface area contributed by atoms with Crippen molar-refractivity contribution in [1.82, 2.24) is 29.7 Å². The molecular weight excluding hydrogens is 492 g/mol. The van der Waals surface area contributed by atoms with Crippen LogP contribution in [0.3, 0.4) is 0 Å². The van der Waals surface area contributed by atoms with Gasteiger partial charge in [-0.05, 0) is 43.5 Å². The molecule has 3 aliphatic heterocycles. The molecule has 5 heterocycles. The van der Waals surface area contributed by atoms with E-state index in [0.29, 0.717) is 44.1 Å². The first-order valence-corrected chi connectivity index (χ1v) is 12.6. The second-order valence-electron chi connectivity index (χ2n) is 9.64. The number of piperazine rings is 1. The third-order valence-electron chi connectivity index (χ3n) is 7.28. The molecule has 0 saturated carbocycles. The zero-order chi connectivity index (χ0) is 26.4. The molecule has 0 spiro atoms. The largest absolute Gasteiger partial charge is 0.341 e. The highest BCUT2D eigenvalue weighted by Gasteiger charge is 2.34. The summed E-state index contributed by atoms with van der Waals surface area (Å²) in [5.41, 5.74) is 3.48. The Hall–Kier alpha value is -4.40. The summed E-state index contributed by atoms with van der Waals surface area (Å²) in [4.78, 5) is 25.8. The minimum atomic E-state index is -0.526. The Morgan fingerprint density at radius 2 is 1.95 bits per heavy atom. The van der Waals surface area contributed by atoms with Crippen molar-refractivity contribution in [2.75, 3.05) is 31.1 Å². The van der Waals surface area contributed by atoms with Crippen molar-refractivity contribution in [1.29, 1.82) is 5.26 Å². The first-order chi connectivity index (χ1) is 18.4. The highest BCUT2D eigenvalue weighted by Crippen LogP contribution is 2.33. The van der Waals surface area contributed by atoms with Crippen molar-refractivity contribution in [2.24, 2.45) is 5.10 Å². The summed E-state index contributed by atoms with van der Waals surface area (Å²) in [5, 5.41) is 19.3. The van der Waals surface area contributed by atoms with Crippen LogP contribution in [0.4, 0.5) is 19.5 Å². The summed E-state index contributed by atoms with van der Waals surface area (Å²) in [6.07, 6.45) is 5.07. The number of anilines is 1. The Balaban J connectivity index is 1.17. The summed E-state index contributed by atoms with van der Waals surface area (Å²) < 4.78 is 30.8. The van der Waals surface area contributed by atoms with Gasteiger partial charge >= 0.3 is 6.03 Å². The summed E-state index contributed by atoms with van der Waals surface area (Å²) in [5.74, 6) is -0.600. The van der Waals surface area contributed by atoms with Crippen LogP contribution in [0.25, 0.3) is 11.3 Å². The van der Waals surface area contributed by atoms with E-state index in [-0.39, 0.29) is 17.3 Å². The summed E-state index contributed by atoms with van der Waals surface area (Å²) in [7, 11) is 0. The lowest BCUT2D eigenvalue weighted by Crippen LogP contribution is -2.52. The fraction of sp³-hybridized carbons (Fsp3) is 0.385. The minimum Gasteiger partial charge on any atom is -0.337 e. The molecule has 1 aromatic carbocycles. The van der Waals surface area contributed by atoms with Gasteiger partial charge in [0.2, 0.25) is 5.95 Å². The van der Waals surface area contributed by atoms with E-state index < -0.39 is 17.7 Å². The molecule has 0 radical (unpaired) electrons. The maximum absolute atomic E-state index is 14.8. The van der Waals surface area contributed by atoms with Crippen molar-refractivity contribution in [2.45, 2.75) is 38.8 Å². The number of hydrogen-bond donors (Lipinski definition) is 0. The molecule has 0 N–H and O–H groups in total. The maximum atomic E-state index is 14.8. The van der Waals surface area contributed by atoms with Crippen LogP contribution in [0.5, 0.6) is 0 Å². The molecule has 2 aromatic heterocycles. The van der Waals surface area contributed by atoms with Gasteiger partial charge in [0, 0.05) is 56.6 Å². The molecule has 3 aliphatic rings. The van der Waals surface area contributed by atoms with E-state index in [2.05, 4.69) is 20.2 Å². The van der Waals surface area contributed by atoms with Crippen molar-refractivity contribution >= 4 is 18.2 Å². The van der Waals surface area contributed by atoms with E-state index in [0.717, 1.165) is 42.4 Å². The third kappa shape index (κ3) is 4.13. The number of carbonyl (C=O) groups excluding carboxylic acids is 1. The molecular formula is C26H25F2N9O. The molecule has 3 aromatic rings. The molecule has 0 aliphatic carbocycles. The Morgan fingerprint density at radius 1 is 1.13 bits per heavy atom. The molecule has 1 fully saturated rings. The van der Waals surface area contributed by atoms with E-state index in [1.54, 1.807) is 17.2 Å². The van der Waals surface area contributed by atoms with Crippen LogP contribution in [-0.4, -0.2) is 68.1 Å². The normalized spacial score (nSPS) is 18.7. The lowest BCUT2D eigenvalue weighted by molar-refractivity contribution is 0.139. The average Bonchev–Trinajstić information content (AvgIpc) is 3.65. The van der Waals surface area contributed by atoms with Gasteiger partial charge in [0.1, 0.15) is 11.5 Å². The van der Waals surface area contributed by atoms with E-state index in [1.807, 2.05) is 22.6 Å². The van der Waals surface area contributed by atoms with Gasteiger partial charge in [-0.3, -0.25) is 4.68 Å². The van der Waals surface area contributed by atoms with Crippen LogP contribution < -0.4 is 4.90 Å². The van der Waals surface area contributed by atoms with Crippen molar-refractivity contribution < 1.29 is 13.6 Å². The molecule has 10 nitrogen and oxygen atoms in total. The van der Waals surface area contributed by atoms with Crippen LogP contribution in [-0.2, 0) is 13.0 Å². The van der Waals surface area contributed by atoms with E-state index >= 15 is 0 Å². The number of aryl methyl sites for hydroxylation is 2. The highest BCUT2D eigenvalue weighted by molar-refractivity contribution is 5.79. The number of hydrogen-bond acceptors (Lipinski definition) is 7. The molecule has 6 rings (SSSR count). The van der Waals surface area contributed by atoms with E-state index in [4.69, 9.17) is 0 Å². The molecule has 2 amide bonds. The van der Waals surface area contributed by atoms with E-state index in [9.17, 15) is 18.8 Å². The second kappa shape index (κ2) is 9.48. The first kappa shape index (κ1) is 24.0. The maximum Gasteiger partial charge on any atom is 0.341 e. The lowest BCUT2D eigenvalue weighted by Gasteiger charge is -2.37. The molecule has 38 heavy (non-hydrogen) atoms. The fourth-order valence-electron chi connectivity index (χ4n) is 5.45. The number of benzene rings is 1. The first-order valence-electron chi connectivity index (χ1n) is 12.6. The van der Waals surface area contributed by atoms with Gasteiger partial charge < -0.3 is 9.80 Å². The van der Waals surface area contributed by atoms with Gasteiger partial charge in [0.25, 0.3) is 0 Å². The Kier molecular flexibility index (Phi) is 5.98. The van der Waals surface area contributed by atoms with Gasteiger partial charge in [0.05, 0.1) is 29.6 Å². The summed E-state index contributed by atoms with van der Waals surface area (Å²) in [6, 6.07) is 5.26. The number of carbonyl (C=O) groups is 1.